The quantitative estimate of drug-likeness (QED) is 0.241. The summed E-state index contributed by atoms with van der Waals surface area (Å²) in [7, 11) is 0. The number of nitrogens with zero attached hydrogens (tertiary/aromatic N) is 2. The number of amides is 1. The van der Waals surface area contributed by atoms with Crippen molar-refractivity contribution in [2.75, 3.05) is 0 Å². The lowest BCUT2D eigenvalue weighted by molar-refractivity contribution is 0.0944. The summed E-state index contributed by atoms with van der Waals surface area (Å²) >= 11 is 0. The van der Waals surface area contributed by atoms with Crippen LogP contribution in [0.2, 0.25) is 0 Å². The van der Waals surface area contributed by atoms with Crippen molar-refractivity contribution in [2.45, 2.75) is 19.9 Å². The molecule has 0 saturated heterocycles. The van der Waals surface area contributed by atoms with Crippen LogP contribution in [0.15, 0.2) is 73.3 Å². The molecule has 0 bridgehead atoms. The van der Waals surface area contributed by atoms with E-state index in [0.717, 1.165) is 21.8 Å². The summed E-state index contributed by atoms with van der Waals surface area (Å²) < 4.78 is 5.81. The molecule has 4 heterocycles. The number of H-pyrrole nitrogens is 3. The van der Waals surface area contributed by atoms with Crippen LogP contribution >= 0.6 is 0 Å². The van der Waals surface area contributed by atoms with Crippen LogP contribution in [0.5, 0.6) is 17.4 Å². The number of nitrogens with one attached hydrogen (secondary N) is 4. The van der Waals surface area contributed by atoms with Crippen LogP contribution in [0.1, 0.15) is 24.2 Å². The number of carbonyl (C=O) groups is 1. The average molecular weight is 469 g/mol. The smallest absolute Gasteiger partial charge is 0.255 e. The third kappa shape index (κ3) is 4.79. The van der Waals surface area contributed by atoms with Crippen LogP contribution in [-0.2, 0) is 0 Å². The van der Waals surface area contributed by atoms with E-state index in [4.69, 9.17) is 9.84 Å². The lowest BCUT2D eigenvalue weighted by Crippen LogP contribution is -2.29. The van der Waals surface area contributed by atoms with Gasteiger partial charge in [0.2, 0.25) is 5.88 Å². The van der Waals surface area contributed by atoms with Gasteiger partial charge in [0.05, 0.1) is 11.8 Å². The highest BCUT2D eigenvalue weighted by molar-refractivity contribution is 6.04. The second kappa shape index (κ2) is 9.22. The highest BCUT2D eigenvalue weighted by Gasteiger charge is 2.16. The molecule has 9 heteroatoms. The number of aromatic nitrogens is 5. The van der Waals surface area contributed by atoms with Crippen molar-refractivity contribution in [1.29, 1.82) is 0 Å². The number of benzene rings is 2. The molecule has 5 N–H and O–H groups in total. The molecule has 0 saturated carbocycles. The zero-order valence-electron chi connectivity index (χ0n) is 19.2. The zero-order chi connectivity index (χ0) is 24.4. The maximum Gasteiger partial charge on any atom is 0.255 e. The third-order valence-electron chi connectivity index (χ3n) is 5.31. The van der Waals surface area contributed by atoms with E-state index >= 15 is 0 Å². The Balaban J connectivity index is 0.000000211. The van der Waals surface area contributed by atoms with Gasteiger partial charge in [-0.2, -0.15) is 0 Å². The van der Waals surface area contributed by atoms with Gasteiger partial charge in [-0.15, -0.1) is 0 Å². The Kier molecular flexibility index (Phi) is 5.80. The first kappa shape index (κ1) is 22.0. The van der Waals surface area contributed by atoms with Crippen LogP contribution in [0.4, 0.5) is 0 Å². The van der Waals surface area contributed by atoms with Crippen LogP contribution in [0.25, 0.3) is 33.0 Å². The number of hydrogen-bond acceptors (Lipinski definition) is 5. The maximum absolute atomic E-state index is 12.3. The summed E-state index contributed by atoms with van der Waals surface area (Å²) in [6.45, 7) is 3.81. The highest BCUT2D eigenvalue weighted by atomic mass is 16.5. The Morgan fingerprint density at radius 1 is 0.971 bits per heavy atom. The van der Waals surface area contributed by atoms with Gasteiger partial charge in [0.25, 0.3) is 5.91 Å². The molecule has 176 valence electrons. The second-order valence-corrected chi connectivity index (χ2v) is 8.31. The van der Waals surface area contributed by atoms with E-state index in [1.807, 2.05) is 62.6 Å². The Morgan fingerprint density at radius 2 is 1.69 bits per heavy atom. The van der Waals surface area contributed by atoms with E-state index in [9.17, 15) is 4.79 Å². The number of ether oxygens (including phenoxy) is 1. The van der Waals surface area contributed by atoms with Crippen molar-refractivity contribution < 1.29 is 14.6 Å². The summed E-state index contributed by atoms with van der Waals surface area (Å²) in [6.07, 6.45) is 6.86. The molecule has 9 nitrogen and oxygen atoms in total. The molecular formula is C26H24N6O3. The van der Waals surface area contributed by atoms with E-state index in [1.54, 1.807) is 18.3 Å². The normalized spacial score (nSPS) is 11.1. The van der Waals surface area contributed by atoms with Crippen LogP contribution in [0, 0.1) is 0 Å². The van der Waals surface area contributed by atoms with Crippen LogP contribution < -0.4 is 10.1 Å². The summed E-state index contributed by atoms with van der Waals surface area (Å²) in [5.41, 5.74) is 3.42. The van der Waals surface area contributed by atoms with E-state index in [2.05, 4.69) is 30.2 Å². The van der Waals surface area contributed by atoms with E-state index in [0.29, 0.717) is 34.1 Å². The van der Waals surface area contributed by atoms with Gasteiger partial charge in [0.15, 0.2) is 5.65 Å². The van der Waals surface area contributed by atoms with Gasteiger partial charge in [-0.1, -0.05) is 0 Å². The molecule has 0 aliphatic rings. The standard InChI is InChI=1S/C18H17N5O2.C8H7NO/c1-10(2)22-18(24)13-8-20-17-16(13)23-15(9-21-17)25-12-4-3-11-5-6-19-14(11)7-12;10-7-2-1-6-3-4-9-8(6)5-7/h3-10,19H,1-2H3,(H,20,21)(H,22,24);1-5,9-10H. The zero-order valence-corrected chi connectivity index (χ0v) is 19.2. The number of carbonyl (C=O) groups excluding carboxylic acids is 1. The van der Waals surface area contributed by atoms with Crippen LogP contribution in [0.3, 0.4) is 0 Å². The van der Waals surface area contributed by atoms with Crippen LogP contribution in [-0.4, -0.2) is 42.0 Å². The Bertz CT molecular complexity index is 1630. The van der Waals surface area contributed by atoms with Gasteiger partial charge in [0.1, 0.15) is 17.0 Å². The van der Waals surface area contributed by atoms with E-state index < -0.39 is 0 Å². The minimum absolute atomic E-state index is 0.0392. The minimum atomic E-state index is -0.194. The molecule has 0 spiro atoms. The third-order valence-corrected chi connectivity index (χ3v) is 5.31. The first-order valence-corrected chi connectivity index (χ1v) is 11.1. The minimum Gasteiger partial charge on any atom is -0.508 e. The molecule has 0 aliphatic carbocycles. The van der Waals surface area contributed by atoms with E-state index in [-0.39, 0.29) is 11.9 Å². The molecule has 2 aromatic carbocycles. The van der Waals surface area contributed by atoms with Gasteiger partial charge in [0, 0.05) is 47.8 Å². The van der Waals surface area contributed by atoms with Gasteiger partial charge in [-0.3, -0.25) is 4.79 Å². The summed E-state index contributed by atoms with van der Waals surface area (Å²) in [5, 5.41) is 14.1. The largest absolute Gasteiger partial charge is 0.508 e. The summed E-state index contributed by atoms with van der Waals surface area (Å²) in [6, 6.07) is 15.0. The Hall–Kier alpha value is -4.79. The number of phenols is 1. The molecule has 0 atom stereocenters. The Labute approximate surface area is 200 Å². The van der Waals surface area contributed by atoms with Crippen molar-refractivity contribution in [1.82, 2.24) is 30.2 Å². The average Bonchev–Trinajstić information content (AvgIpc) is 3.57. The SMILES string of the molecule is CC(C)NC(=O)c1c[nH]c2ncc(Oc3ccc4cc[nH]c4c3)nc12.Oc1ccc2cc[nH]c2c1. The van der Waals surface area contributed by atoms with Crippen molar-refractivity contribution in [2.24, 2.45) is 0 Å². The summed E-state index contributed by atoms with van der Waals surface area (Å²) in [5.74, 6) is 1.08. The maximum atomic E-state index is 12.3. The second-order valence-electron chi connectivity index (χ2n) is 8.31. The Morgan fingerprint density at radius 3 is 2.43 bits per heavy atom. The van der Waals surface area contributed by atoms with Gasteiger partial charge in [-0.05, 0) is 61.0 Å². The first-order chi connectivity index (χ1) is 17.0. The molecule has 35 heavy (non-hydrogen) atoms. The van der Waals surface area contributed by atoms with Crippen molar-refractivity contribution >= 4 is 38.9 Å². The molecule has 4 aromatic heterocycles. The lowest BCUT2D eigenvalue weighted by Gasteiger charge is -2.07. The predicted octanol–water partition coefficient (Wildman–Crippen LogP) is 5.24. The highest BCUT2D eigenvalue weighted by Crippen LogP contribution is 2.25. The fourth-order valence-electron chi connectivity index (χ4n) is 3.68. The van der Waals surface area contributed by atoms with Crippen molar-refractivity contribution in [3.63, 3.8) is 0 Å². The number of rotatable bonds is 4. The van der Waals surface area contributed by atoms with Gasteiger partial charge < -0.3 is 30.1 Å². The summed E-state index contributed by atoms with van der Waals surface area (Å²) in [4.78, 5) is 30.1. The molecule has 0 fully saturated rings. The number of aromatic amines is 3. The molecule has 1 amide bonds. The predicted molar refractivity (Wildman–Crippen MR) is 135 cm³/mol. The number of fused-ring (bicyclic) bond motifs is 3. The molecule has 6 aromatic rings. The van der Waals surface area contributed by atoms with Gasteiger partial charge >= 0.3 is 0 Å². The number of hydrogen-bond donors (Lipinski definition) is 5. The van der Waals surface area contributed by atoms with Crippen molar-refractivity contribution in [3.8, 4) is 17.4 Å². The topological polar surface area (TPSA) is 132 Å². The fourth-order valence-corrected chi connectivity index (χ4v) is 3.68. The first-order valence-electron chi connectivity index (χ1n) is 11.1. The van der Waals surface area contributed by atoms with E-state index in [1.165, 1.54) is 6.20 Å². The molecular weight excluding hydrogens is 444 g/mol. The van der Waals surface area contributed by atoms with Gasteiger partial charge in [-0.25, -0.2) is 9.97 Å². The molecule has 0 unspecified atom stereocenters. The molecule has 0 radical (unpaired) electrons. The van der Waals surface area contributed by atoms with Crippen molar-refractivity contribution in [3.05, 3.63) is 78.9 Å². The molecule has 6 rings (SSSR count). The number of phenolic OH excluding ortho intramolecular Hbond substituents is 1. The lowest BCUT2D eigenvalue weighted by atomic mass is 10.2. The fraction of sp³-hybridized carbons (Fsp3) is 0.115. The number of aromatic hydroxyl groups is 1. The molecule has 0 aliphatic heterocycles. The monoisotopic (exact) mass is 468 g/mol.